The van der Waals surface area contributed by atoms with Gasteiger partial charge in [0.25, 0.3) is 5.91 Å². The summed E-state index contributed by atoms with van der Waals surface area (Å²) in [6.45, 7) is 7.02. The molecule has 0 radical (unpaired) electrons. The van der Waals surface area contributed by atoms with Gasteiger partial charge in [-0.1, -0.05) is 62.4 Å². The van der Waals surface area contributed by atoms with Crippen molar-refractivity contribution in [3.05, 3.63) is 89.5 Å². The molecule has 3 aromatic carbocycles. The summed E-state index contributed by atoms with van der Waals surface area (Å²) >= 11 is 0. The first-order valence-corrected chi connectivity index (χ1v) is 12.6. The molecule has 0 spiro atoms. The summed E-state index contributed by atoms with van der Waals surface area (Å²) in [6, 6.07) is 19.8. The lowest BCUT2D eigenvalue weighted by Crippen LogP contribution is -2.54. The number of carbonyl (C=O) groups excluding carboxylic acids is 4. The van der Waals surface area contributed by atoms with E-state index in [2.05, 4.69) is 10.6 Å². The zero-order chi connectivity index (χ0) is 27.4. The van der Waals surface area contributed by atoms with Crippen LogP contribution in [0.2, 0.25) is 0 Å². The first-order valence-electron chi connectivity index (χ1n) is 12.6. The Labute approximate surface area is 222 Å². The number of nitrogens with one attached hydrogen (secondary N) is 2. The van der Waals surface area contributed by atoms with Crippen LogP contribution in [0.3, 0.4) is 0 Å². The van der Waals surface area contributed by atoms with Crippen molar-refractivity contribution < 1.29 is 19.2 Å². The average molecular weight is 513 g/mol. The van der Waals surface area contributed by atoms with Gasteiger partial charge < -0.3 is 20.4 Å². The molecule has 0 aromatic heterocycles. The van der Waals surface area contributed by atoms with Crippen LogP contribution >= 0.6 is 0 Å². The van der Waals surface area contributed by atoms with Crippen molar-refractivity contribution in [3.8, 4) is 0 Å². The maximum atomic E-state index is 13.9. The third-order valence-electron chi connectivity index (χ3n) is 6.48. The maximum absolute atomic E-state index is 13.9. The summed E-state index contributed by atoms with van der Waals surface area (Å²) in [6.07, 6.45) is 0. The number of benzene rings is 3. The number of rotatable bonds is 6. The Balaban J connectivity index is 1.70. The Morgan fingerprint density at radius 3 is 2.29 bits per heavy atom. The van der Waals surface area contributed by atoms with E-state index in [0.29, 0.717) is 22.6 Å². The van der Waals surface area contributed by atoms with Gasteiger partial charge in [-0.2, -0.15) is 0 Å². The number of para-hydroxylation sites is 2. The van der Waals surface area contributed by atoms with Crippen LogP contribution in [-0.4, -0.2) is 42.8 Å². The monoisotopic (exact) mass is 512 g/mol. The van der Waals surface area contributed by atoms with Gasteiger partial charge in [-0.15, -0.1) is 0 Å². The Morgan fingerprint density at radius 2 is 1.61 bits per heavy atom. The van der Waals surface area contributed by atoms with E-state index in [1.165, 1.54) is 9.80 Å². The van der Waals surface area contributed by atoms with Crippen molar-refractivity contribution in [2.45, 2.75) is 33.7 Å². The minimum atomic E-state index is -1.08. The molecule has 0 saturated carbocycles. The number of urea groups is 1. The molecule has 1 aliphatic heterocycles. The lowest BCUT2D eigenvalue weighted by molar-refractivity contribution is -0.122. The molecular weight excluding hydrogens is 480 g/mol. The normalized spacial score (nSPS) is 15.1. The number of carbonyl (C=O) groups is 4. The van der Waals surface area contributed by atoms with E-state index in [-0.39, 0.29) is 30.7 Å². The van der Waals surface area contributed by atoms with E-state index in [9.17, 15) is 19.2 Å². The molecule has 196 valence electrons. The van der Waals surface area contributed by atoms with Crippen LogP contribution in [0.15, 0.2) is 72.8 Å². The van der Waals surface area contributed by atoms with Crippen LogP contribution in [0.25, 0.3) is 0 Å². The number of Topliss-reactive ketones (excluding diaryl/α,β-unsaturated/α-hetero) is 1. The van der Waals surface area contributed by atoms with E-state index in [1.807, 2.05) is 44.2 Å². The first kappa shape index (κ1) is 26.6. The average Bonchev–Trinajstić information content (AvgIpc) is 2.99. The minimum absolute atomic E-state index is 0.0663. The van der Waals surface area contributed by atoms with E-state index >= 15 is 0 Å². The largest absolute Gasteiger partial charge is 0.324 e. The summed E-state index contributed by atoms with van der Waals surface area (Å²) in [4.78, 5) is 56.4. The molecule has 1 atom stereocenters. The van der Waals surface area contributed by atoms with Gasteiger partial charge in [0.2, 0.25) is 5.91 Å². The number of hydrogen-bond donors (Lipinski definition) is 2. The summed E-state index contributed by atoms with van der Waals surface area (Å²) in [5.74, 6) is -1.25. The van der Waals surface area contributed by atoms with E-state index < -0.39 is 18.0 Å². The van der Waals surface area contributed by atoms with Gasteiger partial charge in [-0.25, -0.2) is 4.79 Å². The third-order valence-corrected chi connectivity index (χ3v) is 6.48. The molecule has 0 aliphatic carbocycles. The van der Waals surface area contributed by atoms with E-state index in [4.69, 9.17) is 0 Å². The predicted octanol–water partition coefficient (Wildman–Crippen LogP) is 4.71. The molecule has 4 amide bonds. The Kier molecular flexibility index (Phi) is 7.90. The molecule has 1 unspecified atom stereocenters. The predicted molar refractivity (Wildman–Crippen MR) is 149 cm³/mol. The van der Waals surface area contributed by atoms with E-state index in [0.717, 1.165) is 11.1 Å². The Bertz CT molecular complexity index is 1380. The standard InChI is InChI=1S/C30H32N4O4/c1-19(2)28(36)33-17-24(32-30(38)31-22-12-9-10-20(3)16-22)29(37)34(26-15-8-7-14-25(26)33)18-27(35)23-13-6-5-11-21(23)4/h5-16,19,24H,17-18H2,1-4H3,(H2,31,32,38). The van der Waals surface area contributed by atoms with Crippen molar-refractivity contribution in [2.24, 2.45) is 5.92 Å². The number of fused-ring (bicyclic) bond motifs is 1. The molecule has 0 fully saturated rings. The topological polar surface area (TPSA) is 98.8 Å². The van der Waals surface area contributed by atoms with Gasteiger partial charge in [-0.05, 0) is 49.2 Å². The number of amides is 4. The SMILES string of the molecule is Cc1cccc(NC(=O)NC2CN(C(=O)C(C)C)c3ccccc3N(CC(=O)c3ccccc3C)C2=O)c1. The van der Waals surface area contributed by atoms with Crippen LogP contribution in [0.4, 0.5) is 21.9 Å². The third kappa shape index (κ3) is 5.75. The smallest absolute Gasteiger partial charge is 0.319 e. The molecule has 8 heteroatoms. The fourth-order valence-corrected chi connectivity index (χ4v) is 4.54. The van der Waals surface area contributed by atoms with Crippen LogP contribution in [0.5, 0.6) is 0 Å². The van der Waals surface area contributed by atoms with Crippen molar-refractivity contribution in [1.29, 1.82) is 0 Å². The van der Waals surface area contributed by atoms with Gasteiger partial charge in [0, 0.05) is 17.2 Å². The fourth-order valence-electron chi connectivity index (χ4n) is 4.54. The highest BCUT2D eigenvalue weighted by molar-refractivity contribution is 6.13. The fraction of sp³-hybridized carbons (Fsp3) is 0.267. The summed E-state index contributed by atoms with van der Waals surface area (Å²) < 4.78 is 0. The molecular formula is C30H32N4O4. The number of aryl methyl sites for hydroxylation is 2. The van der Waals surface area contributed by atoms with Crippen molar-refractivity contribution in [1.82, 2.24) is 5.32 Å². The van der Waals surface area contributed by atoms with Gasteiger partial charge in [0.1, 0.15) is 6.04 Å². The number of ketones is 1. The number of anilines is 3. The summed E-state index contributed by atoms with van der Waals surface area (Å²) in [5, 5.41) is 5.50. The lowest BCUT2D eigenvalue weighted by atomic mass is 10.0. The Hall–Kier alpha value is -4.46. The molecule has 1 heterocycles. The molecule has 38 heavy (non-hydrogen) atoms. The van der Waals surface area contributed by atoms with Crippen LogP contribution in [-0.2, 0) is 9.59 Å². The first-order chi connectivity index (χ1) is 18.2. The molecule has 4 rings (SSSR count). The second kappa shape index (κ2) is 11.3. The zero-order valence-corrected chi connectivity index (χ0v) is 22.0. The summed E-state index contributed by atoms with van der Waals surface area (Å²) in [7, 11) is 0. The van der Waals surface area contributed by atoms with Crippen LogP contribution in [0, 0.1) is 19.8 Å². The van der Waals surface area contributed by atoms with Crippen LogP contribution < -0.4 is 20.4 Å². The van der Waals surface area contributed by atoms with Gasteiger partial charge in [0.15, 0.2) is 5.78 Å². The lowest BCUT2D eigenvalue weighted by Gasteiger charge is -2.26. The van der Waals surface area contributed by atoms with Crippen molar-refractivity contribution >= 4 is 40.7 Å². The highest BCUT2D eigenvalue weighted by Gasteiger charge is 2.38. The van der Waals surface area contributed by atoms with Crippen LogP contribution in [0.1, 0.15) is 35.3 Å². The summed E-state index contributed by atoms with van der Waals surface area (Å²) in [5.41, 5.74) is 3.82. The van der Waals surface area contributed by atoms with E-state index in [1.54, 1.807) is 56.3 Å². The minimum Gasteiger partial charge on any atom is -0.324 e. The molecule has 2 N–H and O–H groups in total. The molecule has 3 aromatic rings. The second-order valence-electron chi connectivity index (χ2n) is 9.78. The van der Waals surface area contributed by atoms with Crippen molar-refractivity contribution in [2.75, 3.05) is 28.2 Å². The van der Waals surface area contributed by atoms with Gasteiger partial charge in [-0.3, -0.25) is 14.4 Å². The second-order valence-corrected chi connectivity index (χ2v) is 9.78. The molecule has 1 aliphatic rings. The number of hydrogen-bond acceptors (Lipinski definition) is 4. The highest BCUT2D eigenvalue weighted by atomic mass is 16.2. The zero-order valence-electron chi connectivity index (χ0n) is 22.0. The van der Waals surface area contributed by atoms with Gasteiger partial charge >= 0.3 is 6.03 Å². The van der Waals surface area contributed by atoms with Crippen molar-refractivity contribution in [3.63, 3.8) is 0 Å². The Morgan fingerprint density at radius 1 is 0.921 bits per heavy atom. The maximum Gasteiger partial charge on any atom is 0.319 e. The number of nitrogens with zero attached hydrogens (tertiary/aromatic N) is 2. The highest BCUT2D eigenvalue weighted by Crippen LogP contribution is 2.34. The molecule has 0 saturated heterocycles. The molecule has 0 bridgehead atoms. The quantitative estimate of drug-likeness (QED) is 0.467. The van der Waals surface area contributed by atoms with Gasteiger partial charge in [0.05, 0.1) is 24.5 Å². The molecule has 8 nitrogen and oxygen atoms in total.